The first-order valence-electron chi connectivity index (χ1n) is 7.21. The Kier molecular flexibility index (Phi) is 4.91. The second-order valence-electron chi connectivity index (χ2n) is 5.15. The molecule has 0 aromatic heterocycles. The lowest BCUT2D eigenvalue weighted by Crippen LogP contribution is -2.26. The molecule has 2 aromatic rings. The Morgan fingerprint density at radius 2 is 1.56 bits per heavy atom. The van der Waals surface area contributed by atoms with Crippen LogP contribution < -0.4 is 0 Å². The number of fused-ring (bicyclic) bond motifs is 1. The first kappa shape index (κ1) is 17.2. The first-order chi connectivity index (χ1) is 12.0. The van der Waals surface area contributed by atoms with Crippen LogP contribution in [0.2, 0.25) is 0 Å². The van der Waals surface area contributed by atoms with Crippen LogP contribution in [0.4, 0.5) is 0 Å². The molecule has 0 aliphatic carbocycles. The molecule has 1 heterocycles. The van der Waals surface area contributed by atoms with Gasteiger partial charge in [0.15, 0.2) is 0 Å². The zero-order valence-corrected chi connectivity index (χ0v) is 14.7. The molecule has 0 atom stereocenters. The molecule has 0 fully saturated rings. The minimum Gasteiger partial charge on any atom is -0.277 e. The zero-order valence-electron chi connectivity index (χ0n) is 13.0. The van der Waals surface area contributed by atoms with Gasteiger partial charge in [0.2, 0.25) is 6.41 Å². The smallest absolute Gasteiger partial charge is 0.272 e. The monoisotopic (exact) mass is 372 g/mol. The highest BCUT2D eigenvalue weighted by Crippen LogP contribution is 2.36. The maximum Gasteiger partial charge on any atom is 0.272 e. The second kappa shape index (κ2) is 7.12. The Morgan fingerprint density at radius 3 is 2.12 bits per heavy atom. The summed E-state index contributed by atoms with van der Waals surface area (Å²) in [6, 6.07) is 13.3. The van der Waals surface area contributed by atoms with E-state index in [9.17, 15) is 19.2 Å². The van der Waals surface area contributed by atoms with Gasteiger partial charge in [-0.05, 0) is 30.7 Å². The Hall–Kier alpha value is -2.58. The third-order valence-corrected chi connectivity index (χ3v) is 5.71. The predicted octanol–water partition coefficient (Wildman–Crippen LogP) is 3.10. The molecule has 2 aromatic carbocycles. The molecule has 0 N–H and O–H groups in total. The number of imide groups is 2. The van der Waals surface area contributed by atoms with Crippen LogP contribution in [0.3, 0.4) is 0 Å². The van der Waals surface area contributed by atoms with Crippen LogP contribution in [0.1, 0.15) is 36.6 Å². The van der Waals surface area contributed by atoms with E-state index in [-0.39, 0.29) is 0 Å². The van der Waals surface area contributed by atoms with Crippen LogP contribution in [0.15, 0.2) is 48.5 Å². The standard InChI is InChI=1S/C17H12N2O4S2/c1-11-6-2-3-7-12(11)15(21)18(10-20)24-25-19-16(22)13-8-4-5-9-14(13)17(19)23/h2-10H,1H3. The highest BCUT2D eigenvalue weighted by molar-refractivity contribution is 8.75. The van der Waals surface area contributed by atoms with Gasteiger partial charge in [0.25, 0.3) is 17.7 Å². The van der Waals surface area contributed by atoms with Gasteiger partial charge in [0.05, 0.1) is 33.1 Å². The summed E-state index contributed by atoms with van der Waals surface area (Å²) in [5, 5.41) is 0. The summed E-state index contributed by atoms with van der Waals surface area (Å²) >= 11 is 0. The van der Waals surface area contributed by atoms with E-state index in [0.717, 1.165) is 36.1 Å². The van der Waals surface area contributed by atoms with Gasteiger partial charge in [-0.2, -0.15) is 0 Å². The fourth-order valence-corrected chi connectivity index (χ4v) is 4.14. The number of benzene rings is 2. The number of rotatable bonds is 5. The Labute approximate surface area is 151 Å². The summed E-state index contributed by atoms with van der Waals surface area (Å²) in [5.74, 6) is -1.44. The molecule has 0 spiro atoms. The maximum atomic E-state index is 12.5. The minimum absolute atomic E-state index is 0.309. The SMILES string of the molecule is Cc1ccccc1C(=O)N(C=O)SSN1C(=O)c2ccccc2C1=O. The van der Waals surface area contributed by atoms with Crippen molar-refractivity contribution >= 4 is 46.1 Å². The van der Waals surface area contributed by atoms with E-state index in [2.05, 4.69) is 0 Å². The highest BCUT2D eigenvalue weighted by Gasteiger charge is 2.37. The van der Waals surface area contributed by atoms with Gasteiger partial charge in [-0.3, -0.25) is 19.2 Å². The van der Waals surface area contributed by atoms with Crippen molar-refractivity contribution in [2.24, 2.45) is 0 Å². The zero-order chi connectivity index (χ0) is 18.0. The number of carbonyl (C=O) groups excluding carboxylic acids is 4. The lowest BCUT2D eigenvalue weighted by molar-refractivity contribution is -0.112. The lowest BCUT2D eigenvalue weighted by atomic mass is 10.1. The summed E-state index contributed by atoms with van der Waals surface area (Å²) in [6.07, 6.45) is 0.366. The van der Waals surface area contributed by atoms with E-state index in [0.29, 0.717) is 23.1 Å². The van der Waals surface area contributed by atoms with Gasteiger partial charge in [-0.1, -0.05) is 30.3 Å². The maximum absolute atomic E-state index is 12.5. The summed E-state index contributed by atoms with van der Waals surface area (Å²) < 4.78 is 1.80. The van der Waals surface area contributed by atoms with Gasteiger partial charge in [-0.15, -0.1) is 0 Å². The van der Waals surface area contributed by atoms with Gasteiger partial charge < -0.3 is 0 Å². The van der Waals surface area contributed by atoms with E-state index in [4.69, 9.17) is 0 Å². The molecule has 0 saturated carbocycles. The average molecular weight is 372 g/mol. The topological polar surface area (TPSA) is 74.8 Å². The molecule has 4 amide bonds. The molecule has 1 aliphatic rings. The van der Waals surface area contributed by atoms with Crippen LogP contribution >= 0.6 is 22.0 Å². The van der Waals surface area contributed by atoms with E-state index in [1.807, 2.05) is 0 Å². The molecule has 25 heavy (non-hydrogen) atoms. The molecule has 1 aliphatic heterocycles. The fraction of sp³-hybridized carbons (Fsp3) is 0.0588. The predicted molar refractivity (Wildman–Crippen MR) is 95.5 cm³/mol. The van der Waals surface area contributed by atoms with Crippen molar-refractivity contribution in [2.45, 2.75) is 6.92 Å². The van der Waals surface area contributed by atoms with E-state index in [1.165, 1.54) is 0 Å². The third-order valence-electron chi connectivity index (χ3n) is 3.62. The minimum atomic E-state index is -0.512. The highest BCUT2D eigenvalue weighted by atomic mass is 33.1. The molecule has 0 radical (unpaired) electrons. The Balaban J connectivity index is 1.73. The molecular formula is C17H12N2O4S2. The normalized spacial score (nSPS) is 12.9. The summed E-state index contributed by atoms with van der Waals surface area (Å²) in [7, 11) is 1.47. The molecule has 6 nitrogen and oxygen atoms in total. The van der Waals surface area contributed by atoms with Crippen LogP contribution in [-0.2, 0) is 4.79 Å². The summed E-state index contributed by atoms with van der Waals surface area (Å²) in [4.78, 5) is 48.3. The van der Waals surface area contributed by atoms with Crippen molar-refractivity contribution in [1.82, 2.24) is 8.61 Å². The van der Waals surface area contributed by atoms with Crippen molar-refractivity contribution in [1.29, 1.82) is 0 Å². The molecule has 126 valence electrons. The number of nitrogens with zero attached hydrogens (tertiary/aromatic N) is 2. The first-order valence-corrected chi connectivity index (χ1v) is 9.28. The van der Waals surface area contributed by atoms with Gasteiger partial charge >= 0.3 is 0 Å². The summed E-state index contributed by atoms with van der Waals surface area (Å²) in [6.45, 7) is 1.76. The fourth-order valence-electron chi connectivity index (χ4n) is 2.33. The Morgan fingerprint density at radius 1 is 1.00 bits per heavy atom. The lowest BCUT2D eigenvalue weighted by Gasteiger charge is -2.17. The number of hydrogen-bond donors (Lipinski definition) is 0. The largest absolute Gasteiger partial charge is 0.277 e. The van der Waals surface area contributed by atoms with Crippen molar-refractivity contribution in [2.75, 3.05) is 0 Å². The summed E-state index contributed by atoms with van der Waals surface area (Å²) in [5.41, 5.74) is 1.72. The van der Waals surface area contributed by atoms with Crippen LogP contribution in [0, 0.1) is 6.92 Å². The van der Waals surface area contributed by atoms with Crippen LogP contribution in [0.5, 0.6) is 0 Å². The van der Waals surface area contributed by atoms with E-state index >= 15 is 0 Å². The van der Waals surface area contributed by atoms with Crippen molar-refractivity contribution in [3.63, 3.8) is 0 Å². The molecule has 3 rings (SSSR count). The third kappa shape index (κ3) is 3.18. The van der Waals surface area contributed by atoms with Gasteiger partial charge in [-0.25, -0.2) is 8.61 Å². The van der Waals surface area contributed by atoms with Crippen molar-refractivity contribution in [3.8, 4) is 0 Å². The molecular weight excluding hydrogens is 360 g/mol. The van der Waals surface area contributed by atoms with Crippen molar-refractivity contribution < 1.29 is 19.2 Å². The molecule has 0 unspecified atom stereocenters. The number of carbonyl (C=O) groups is 4. The average Bonchev–Trinajstić information content (AvgIpc) is 2.87. The number of hydrogen-bond acceptors (Lipinski definition) is 6. The van der Waals surface area contributed by atoms with Crippen molar-refractivity contribution in [3.05, 3.63) is 70.8 Å². The quantitative estimate of drug-likeness (QED) is 0.347. The molecule has 0 saturated heterocycles. The number of amides is 4. The van der Waals surface area contributed by atoms with E-state index < -0.39 is 17.7 Å². The number of aryl methyl sites for hydroxylation is 1. The molecule has 8 heteroatoms. The Bertz CT molecular complexity index is 849. The van der Waals surface area contributed by atoms with Crippen LogP contribution in [-0.4, -0.2) is 32.7 Å². The van der Waals surface area contributed by atoms with Crippen LogP contribution in [0.25, 0.3) is 0 Å². The molecule has 0 bridgehead atoms. The second-order valence-corrected chi connectivity index (χ2v) is 7.10. The van der Waals surface area contributed by atoms with E-state index in [1.54, 1.807) is 55.5 Å². The van der Waals surface area contributed by atoms with Gasteiger partial charge in [0.1, 0.15) is 0 Å². The van der Waals surface area contributed by atoms with Gasteiger partial charge in [0, 0.05) is 5.56 Å².